The first-order valence-electron chi connectivity index (χ1n) is 6.09. The zero-order valence-electron chi connectivity index (χ0n) is 11.6. The maximum atomic E-state index is 11.9. The fourth-order valence-electron chi connectivity index (χ4n) is 2.01. The molecule has 0 heterocycles. The van der Waals surface area contributed by atoms with E-state index < -0.39 is 17.8 Å². The van der Waals surface area contributed by atoms with Crippen LogP contribution in [0.4, 0.5) is 5.69 Å². The van der Waals surface area contributed by atoms with E-state index in [1.807, 2.05) is 19.9 Å². The molecule has 0 fully saturated rings. The molecule has 0 bridgehead atoms. The number of carbonyl (C=O) groups excluding carboxylic acids is 1. The minimum absolute atomic E-state index is 0.244. The first-order valence-corrected chi connectivity index (χ1v) is 6.09. The van der Waals surface area contributed by atoms with Gasteiger partial charge in [-0.05, 0) is 37.5 Å². The number of methoxy groups -OCH3 is 1. The number of carbonyl (C=O) groups is 2. The lowest BCUT2D eigenvalue weighted by Crippen LogP contribution is -2.29. The molecule has 19 heavy (non-hydrogen) atoms. The molecule has 0 radical (unpaired) electrons. The van der Waals surface area contributed by atoms with Crippen LogP contribution in [-0.4, -0.2) is 24.1 Å². The van der Waals surface area contributed by atoms with E-state index in [-0.39, 0.29) is 6.42 Å². The number of aliphatic carboxylic acids is 1. The molecule has 0 spiro atoms. The predicted octanol–water partition coefficient (Wildman–Crippen LogP) is 2.36. The Morgan fingerprint density at radius 2 is 2.00 bits per heavy atom. The summed E-state index contributed by atoms with van der Waals surface area (Å²) in [6, 6.07) is 3.70. The van der Waals surface area contributed by atoms with E-state index in [2.05, 4.69) is 5.32 Å². The van der Waals surface area contributed by atoms with Gasteiger partial charge in [0.1, 0.15) is 11.7 Å². The highest BCUT2D eigenvalue weighted by Gasteiger charge is 2.25. The number of ether oxygens (including phenoxy) is 1. The van der Waals surface area contributed by atoms with Gasteiger partial charge in [0.05, 0.1) is 12.8 Å². The summed E-state index contributed by atoms with van der Waals surface area (Å²) in [6.45, 7) is 5.43. The summed E-state index contributed by atoms with van der Waals surface area (Å²) in [5, 5.41) is 11.6. The van der Waals surface area contributed by atoms with Crippen molar-refractivity contribution in [1.29, 1.82) is 0 Å². The van der Waals surface area contributed by atoms with Crippen LogP contribution >= 0.6 is 0 Å². The molecule has 0 aromatic heterocycles. The van der Waals surface area contributed by atoms with Crippen molar-refractivity contribution in [3.8, 4) is 5.75 Å². The van der Waals surface area contributed by atoms with Crippen LogP contribution in [0.25, 0.3) is 0 Å². The van der Waals surface area contributed by atoms with Gasteiger partial charge in [-0.25, -0.2) is 0 Å². The molecule has 104 valence electrons. The molecule has 5 nitrogen and oxygen atoms in total. The Hall–Kier alpha value is -2.04. The molecule has 0 aliphatic heterocycles. The first-order chi connectivity index (χ1) is 8.90. The van der Waals surface area contributed by atoms with Crippen LogP contribution in [0, 0.1) is 19.8 Å². The zero-order valence-corrected chi connectivity index (χ0v) is 11.6. The van der Waals surface area contributed by atoms with Crippen molar-refractivity contribution in [2.45, 2.75) is 27.2 Å². The number of hydrogen-bond acceptors (Lipinski definition) is 3. The van der Waals surface area contributed by atoms with Crippen LogP contribution in [-0.2, 0) is 9.59 Å². The van der Waals surface area contributed by atoms with Crippen molar-refractivity contribution in [1.82, 2.24) is 0 Å². The largest absolute Gasteiger partial charge is 0.494 e. The second-order valence-corrected chi connectivity index (χ2v) is 4.45. The minimum atomic E-state index is -1.12. The Balaban J connectivity index is 3.05. The second kappa shape index (κ2) is 6.22. The summed E-state index contributed by atoms with van der Waals surface area (Å²) >= 11 is 0. The highest BCUT2D eigenvalue weighted by molar-refractivity contribution is 6.04. The summed E-state index contributed by atoms with van der Waals surface area (Å²) in [5.74, 6) is -2.15. The molecule has 1 aromatic rings. The molecule has 1 unspecified atom stereocenters. The van der Waals surface area contributed by atoms with E-state index in [9.17, 15) is 9.59 Å². The summed E-state index contributed by atoms with van der Waals surface area (Å²) in [7, 11) is 1.52. The fraction of sp³-hybridized carbons (Fsp3) is 0.429. The molecule has 1 aromatic carbocycles. The van der Waals surface area contributed by atoms with Crippen LogP contribution in [0.3, 0.4) is 0 Å². The van der Waals surface area contributed by atoms with Crippen LogP contribution in [0.1, 0.15) is 24.5 Å². The standard InChI is InChI=1S/C14H19NO4/c1-5-10(14(17)18)13(16)15-11-7-8(2)6-9(3)12(11)19-4/h6-7,10H,5H2,1-4H3,(H,15,16)(H,17,18). The van der Waals surface area contributed by atoms with Crippen molar-refractivity contribution in [2.75, 3.05) is 12.4 Å². The normalized spacial score (nSPS) is 11.8. The summed E-state index contributed by atoms with van der Waals surface area (Å²) in [5.41, 5.74) is 2.36. The van der Waals surface area contributed by atoms with Gasteiger partial charge in [-0.15, -0.1) is 0 Å². The number of carboxylic acid groups (broad SMARTS) is 1. The lowest BCUT2D eigenvalue weighted by molar-refractivity contribution is -0.145. The molecule has 0 aliphatic carbocycles. The molecule has 0 saturated heterocycles. The van der Waals surface area contributed by atoms with Crippen molar-refractivity contribution in [2.24, 2.45) is 5.92 Å². The Morgan fingerprint density at radius 3 is 2.47 bits per heavy atom. The highest BCUT2D eigenvalue weighted by Crippen LogP contribution is 2.30. The summed E-state index contributed by atoms with van der Waals surface area (Å²) in [4.78, 5) is 22.9. The first kappa shape index (κ1) is 15.0. The Labute approximate surface area is 112 Å². The lowest BCUT2D eigenvalue weighted by atomic mass is 10.1. The van der Waals surface area contributed by atoms with Gasteiger partial charge in [0.15, 0.2) is 0 Å². The topological polar surface area (TPSA) is 75.6 Å². The Kier molecular flexibility index (Phi) is 4.92. The number of aryl methyl sites for hydroxylation is 2. The number of nitrogens with one attached hydrogen (secondary N) is 1. The van der Waals surface area contributed by atoms with Crippen LogP contribution in [0.5, 0.6) is 5.75 Å². The molecular weight excluding hydrogens is 246 g/mol. The monoisotopic (exact) mass is 265 g/mol. The molecule has 5 heteroatoms. The van der Waals surface area contributed by atoms with Crippen LogP contribution in [0.2, 0.25) is 0 Å². The van der Waals surface area contributed by atoms with Gasteiger partial charge in [-0.3, -0.25) is 9.59 Å². The number of amides is 1. The summed E-state index contributed by atoms with van der Waals surface area (Å²) < 4.78 is 5.24. The smallest absolute Gasteiger partial charge is 0.316 e. The highest BCUT2D eigenvalue weighted by atomic mass is 16.5. The average Bonchev–Trinajstić information content (AvgIpc) is 2.28. The number of hydrogen-bond donors (Lipinski definition) is 2. The van der Waals surface area contributed by atoms with E-state index in [0.717, 1.165) is 11.1 Å². The number of anilines is 1. The van der Waals surface area contributed by atoms with Crippen molar-refractivity contribution in [3.63, 3.8) is 0 Å². The minimum Gasteiger partial charge on any atom is -0.494 e. The molecule has 0 aliphatic rings. The van der Waals surface area contributed by atoms with E-state index >= 15 is 0 Å². The average molecular weight is 265 g/mol. The fourth-order valence-corrected chi connectivity index (χ4v) is 2.01. The van der Waals surface area contributed by atoms with E-state index in [1.54, 1.807) is 13.0 Å². The van der Waals surface area contributed by atoms with Crippen molar-refractivity contribution < 1.29 is 19.4 Å². The van der Waals surface area contributed by atoms with E-state index in [4.69, 9.17) is 9.84 Å². The van der Waals surface area contributed by atoms with Gasteiger partial charge < -0.3 is 15.2 Å². The maximum absolute atomic E-state index is 11.9. The lowest BCUT2D eigenvalue weighted by Gasteiger charge is -2.16. The molecule has 2 N–H and O–H groups in total. The van der Waals surface area contributed by atoms with Gasteiger partial charge in [0.25, 0.3) is 0 Å². The van der Waals surface area contributed by atoms with E-state index in [0.29, 0.717) is 11.4 Å². The maximum Gasteiger partial charge on any atom is 0.316 e. The van der Waals surface area contributed by atoms with Gasteiger partial charge in [-0.1, -0.05) is 13.0 Å². The molecule has 1 rings (SSSR count). The number of rotatable bonds is 5. The van der Waals surface area contributed by atoms with Crippen molar-refractivity contribution >= 4 is 17.6 Å². The Morgan fingerprint density at radius 1 is 1.37 bits per heavy atom. The zero-order chi connectivity index (χ0) is 14.6. The quantitative estimate of drug-likeness (QED) is 0.801. The van der Waals surface area contributed by atoms with Gasteiger partial charge in [0.2, 0.25) is 5.91 Å². The molecular formula is C14H19NO4. The molecule has 1 atom stereocenters. The van der Waals surface area contributed by atoms with Crippen LogP contribution < -0.4 is 10.1 Å². The molecule has 1 amide bonds. The summed E-state index contributed by atoms with van der Waals surface area (Å²) in [6.07, 6.45) is 0.244. The van der Waals surface area contributed by atoms with Gasteiger partial charge in [0, 0.05) is 0 Å². The number of benzene rings is 1. The number of carboxylic acids is 1. The van der Waals surface area contributed by atoms with Crippen LogP contribution in [0.15, 0.2) is 12.1 Å². The third-order valence-electron chi connectivity index (χ3n) is 2.90. The Bertz CT molecular complexity index is 496. The third kappa shape index (κ3) is 3.47. The van der Waals surface area contributed by atoms with Crippen molar-refractivity contribution in [3.05, 3.63) is 23.3 Å². The van der Waals surface area contributed by atoms with E-state index in [1.165, 1.54) is 7.11 Å². The second-order valence-electron chi connectivity index (χ2n) is 4.45. The third-order valence-corrected chi connectivity index (χ3v) is 2.90. The van der Waals surface area contributed by atoms with Gasteiger partial charge >= 0.3 is 5.97 Å². The molecule has 0 saturated carbocycles. The predicted molar refractivity (Wildman–Crippen MR) is 72.5 cm³/mol. The van der Waals surface area contributed by atoms with Gasteiger partial charge in [-0.2, -0.15) is 0 Å². The SMILES string of the molecule is CCC(C(=O)O)C(=O)Nc1cc(C)cc(C)c1OC.